The van der Waals surface area contributed by atoms with Crippen molar-refractivity contribution in [1.29, 1.82) is 0 Å². The maximum Gasteiger partial charge on any atom is 0.281 e. The first-order chi connectivity index (χ1) is 13.9. The largest absolute Gasteiger partial charge is 0.494 e. The Morgan fingerprint density at radius 3 is 2.52 bits per heavy atom. The fraction of sp³-hybridized carbons (Fsp3) is 0.312. The summed E-state index contributed by atoms with van der Waals surface area (Å²) in [6, 6.07) is 5.20. The molecule has 0 aliphatic heterocycles. The van der Waals surface area contributed by atoms with Gasteiger partial charge < -0.3 is 5.11 Å². The minimum Gasteiger partial charge on any atom is -0.494 e. The Balaban J connectivity index is 2.51. The molecule has 2 rings (SSSR count). The fourth-order valence-corrected chi connectivity index (χ4v) is 3.45. The lowest BCUT2D eigenvalue weighted by atomic mass is 10.1. The third-order valence-electron chi connectivity index (χ3n) is 3.91. The molecule has 1 heterocycles. The Kier molecular flexibility index (Phi) is 9.06. The molecule has 158 valence electrons. The average molecular weight is 445 g/mol. The molecule has 13 heteroatoms. The second-order valence-corrected chi connectivity index (χ2v) is 7.03. The van der Waals surface area contributed by atoms with E-state index in [4.69, 9.17) is 10.5 Å². The quantitative estimate of drug-likeness (QED) is 0.156. The first-order valence-electron chi connectivity index (χ1n) is 8.16. The highest BCUT2D eigenvalue weighted by atomic mass is 32.2. The lowest BCUT2D eigenvalue weighted by Gasteiger charge is -2.14. The predicted octanol–water partition coefficient (Wildman–Crippen LogP) is 4.60. The summed E-state index contributed by atoms with van der Waals surface area (Å²) in [4.78, 5) is 13.2. The highest BCUT2D eigenvalue weighted by Gasteiger charge is 2.19. The van der Waals surface area contributed by atoms with Gasteiger partial charge in [0.25, 0.3) is 5.56 Å². The summed E-state index contributed by atoms with van der Waals surface area (Å²) in [5.41, 5.74) is 1.55. The SMILES string of the molecule is CCn1c(O)c(CSOOO)c(C)c(N=Nc2cc(C)ccc2SOOO)c1=O. The van der Waals surface area contributed by atoms with Crippen LogP contribution in [0, 0.1) is 13.8 Å². The zero-order valence-electron chi connectivity index (χ0n) is 15.7. The van der Waals surface area contributed by atoms with Gasteiger partial charge >= 0.3 is 0 Å². The smallest absolute Gasteiger partial charge is 0.281 e. The number of hydrogen-bond donors (Lipinski definition) is 3. The minimum absolute atomic E-state index is 0.0296. The summed E-state index contributed by atoms with van der Waals surface area (Å²) in [5.74, 6) is -0.155. The van der Waals surface area contributed by atoms with Crippen LogP contribution in [-0.2, 0) is 31.0 Å². The second-order valence-electron chi connectivity index (χ2n) is 5.63. The summed E-state index contributed by atoms with van der Waals surface area (Å²) in [7, 11) is 0. The molecule has 0 aliphatic rings. The Labute approximate surface area is 174 Å². The van der Waals surface area contributed by atoms with Gasteiger partial charge in [0.05, 0.1) is 22.7 Å². The molecule has 0 amide bonds. The van der Waals surface area contributed by atoms with E-state index in [1.54, 1.807) is 32.0 Å². The van der Waals surface area contributed by atoms with E-state index in [0.29, 0.717) is 21.7 Å². The van der Waals surface area contributed by atoms with Crippen LogP contribution < -0.4 is 5.56 Å². The van der Waals surface area contributed by atoms with Gasteiger partial charge in [-0.15, -0.1) is 18.9 Å². The molecule has 0 radical (unpaired) electrons. The average Bonchev–Trinajstić information content (AvgIpc) is 2.70. The summed E-state index contributed by atoms with van der Waals surface area (Å²) in [6.45, 7) is 5.37. The third-order valence-corrected chi connectivity index (χ3v) is 5.12. The predicted molar refractivity (Wildman–Crippen MR) is 105 cm³/mol. The van der Waals surface area contributed by atoms with Crippen LogP contribution >= 0.6 is 24.1 Å². The maximum absolute atomic E-state index is 12.7. The molecule has 1 aromatic carbocycles. The van der Waals surface area contributed by atoms with E-state index in [1.807, 2.05) is 6.92 Å². The number of benzene rings is 1. The van der Waals surface area contributed by atoms with E-state index in [2.05, 4.69) is 29.0 Å². The van der Waals surface area contributed by atoms with Gasteiger partial charge in [0.1, 0.15) is 5.69 Å². The molecule has 0 saturated heterocycles. The molecular weight excluding hydrogens is 426 g/mol. The van der Waals surface area contributed by atoms with Gasteiger partial charge in [-0.25, -0.2) is 10.5 Å². The summed E-state index contributed by atoms with van der Waals surface area (Å²) < 4.78 is 9.95. The van der Waals surface area contributed by atoms with Crippen LogP contribution in [0.4, 0.5) is 11.4 Å². The van der Waals surface area contributed by atoms with Crippen LogP contribution in [0.2, 0.25) is 0 Å². The van der Waals surface area contributed by atoms with Crippen molar-refractivity contribution >= 4 is 35.5 Å². The Morgan fingerprint density at radius 1 is 1.14 bits per heavy atom. The van der Waals surface area contributed by atoms with E-state index in [9.17, 15) is 9.90 Å². The van der Waals surface area contributed by atoms with Crippen molar-refractivity contribution in [3.8, 4) is 5.88 Å². The fourth-order valence-electron chi connectivity index (χ4n) is 2.48. The van der Waals surface area contributed by atoms with Crippen molar-refractivity contribution in [2.75, 3.05) is 0 Å². The normalized spacial score (nSPS) is 11.5. The summed E-state index contributed by atoms with van der Waals surface area (Å²) in [5, 5.41) is 42.4. The van der Waals surface area contributed by atoms with Crippen LogP contribution in [0.25, 0.3) is 0 Å². The van der Waals surface area contributed by atoms with Crippen LogP contribution in [-0.4, -0.2) is 20.2 Å². The van der Waals surface area contributed by atoms with Crippen LogP contribution in [0.1, 0.15) is 23.6 Å². The number of aryl methyl sites for hydroxylation is 1. The van der Waals surface area contributed by atoms with Crippen molar-refractivity contribution in [2.24, 2.45) is 10.2 Å². The molecule has 3 N–H and O–H groups in total. The van der Waals surface area contributed by atoms with Gasteiger partial charge in [-0.2, -0.15) is 0 Å². The number of rotatable bonds is 10. The zero-order chi connectivity index (χ0) is 21.4. The zero-order valence-corrected chi connectivity index (χ0v) is 17.3. The Hall–Kier alpha value is -1.97. The van der Waals surface area contributed by atoms with Crippen molar-refractivity contribution < 1.29 is 34.4 Å². The molecule has 29 heavy (non-hydrogen) atoms. The molecule has 2 aromatic rings. The molecule has 0 unspecified atom stereocenters. The van der Waals surface area contributed by atoms with Gasteiger partial charge in [0, 0.05) is 24.2 Å². The van der Waals surface area contributed by atoms with Crippen LogP contribution in [0.3, 0.4) is 0 Å². The van der Waals surface area contributed by atoms with E-state index < -0.39 is 5.56 Å². The lowest BCUT2D eigenvalue weighted by Crippen LogP contribution is -2.21. The maximum atomic E-state index is 12.7. The molecule has 0 spiro atoms. The van der Waals surface area contributed by atoms with Gasteiger partial charge in [0.2, 0.25) is 0 Å². The van der Waals surface area contributed by atoms with Crippen LogP contribution in [0.5, 0.6) is 5.88 Å². The number of azo groups is 1. The standard InChI is InChI=1S/C16H19N3O8S2/c1-4-19-15(20)11(8-28-26-24-22)10(3)14(16(19)21)18-17-12-7-9(2)5-6-13(12)29-27-25-23/h5-7,20,22-23H,4,8H2,1-3H3. The minimum atomic E-state index is -0.517. The summed E-state index contributed by atoms with van der Waals surface area (Å²) in [6.07, 6.45) is 0. The highest BCUT2D eigenvalue weighted by Crippen LogP contribution is 2.34. The highest BCUT2D eigenvalue weighted by molar-refractivity contribution is 7.94. The molecular formula is C16H19N3O8S2. The van der Waals surface area contributed by atoms with Crippen molar-refractivity contribution in [3.05, 3.63) is 45.2 Å². The number of pyridine rings is 1. The van der Waals surface area contributed by atoms with E-state index in [-0.39, 0.29) is 23.9 Å². The third kappa shape index (κ3) is 5.77. The van der Waals surface area contributed by atoms with Gasteiger partial charge in [0.15, 0.2) is 11.6 Å². The number of hydrogen-bond acceptors (Lipinski definition) is 12. The lowest BCUT2D eigenvalue weighted by molar-refractivity contribution is -0.432. The molecule has 0 fully saturated rings. The molecule has 0 bridgehead atoms. The van der Waals surface area contributed by atoms with Crippen molar-refractivity contribution in [1.82, 2.24) is 4.57 Å². The van der Waals surface area contributed by atoms with Crippen molar-refractivity contribution in [2.45, 2.75) is 38.0 Å². The van der Waals surface area contributed by atoms with E-state index >= 15 is 0 Å². The summed E-state index contributed by atoms with van der Waals surface area (Å²) >= 11 is 1.44. The van der Waals surface area contributed by atoms with Crippen LogP contribution in [0.15, 0.2) is 38.1 Å². The molecule has 1 aromatic heterocycles. The first-order valence-corrected chi connectivity index (χ1v) is 9.81. The Bertz CT molecular complexity index is 935. The van der Waals surface area contributed by atoms with Gasteiger partial charge in [-0.1, -0.05) is 16.1 Å². The topological polar surface area (TPSA) is 144 Å². The number of nitrogens with zero attached hydrogens (tertiary/aromatic N) is 3. The molecule has 11 nitrogen and oxygen atoms in total. The molecule has 0 aliphatic carbocycles. The van der Waals surface area contributed by atoms with Gasteiger partial charge in [-0.3, -0.25) is 9.36 Å². The van der Waals surface area contributed by atoms with Crippen molar-refractivity contribution in [3.63, 3.8) is 0 Å². The monoisotopic (exact) mass is 445 g/mol. The Morgan fingerprint density at radius 2 is 1.86 bits per heavy atom. The second kappa shape index (κ2) is 11.3. The van der Waals surface area contributed by atoms with E-state index in [0.717, 1.165) is 34.2 Å². The molecule has 0 saturated carbocycles. The van der Waals surface area contributed by atoms with Gasteiger partial charge in [-0.05, 0) is 44.0 Å². The first kappa shape index (κ1) is 23.3. The van der Waals surface area contributed by atoms with E-state index in [1.165, 1.54) is 0 Å². The molecule has 0 atom stereocenters. The number of aromatic nitrogens is 1. The number of aromatic hydroxyl groups is 1.